The molecule has 0 radical (unpaired) electrons. The van der Waals surface area contributed by atoms with E-state index in [1.165, 1.54) is 38.5 Å². The van der Waals surface area contributed by atoms with E-state index in [2.05, 4.69) is 179 Å². The van der Waals surface area contributed by atoms with Crippen molar-refractivity contribution in [2.45, 2.75) is 219 Å². The second kappa shape index (κ2) is 59.3. The van der Waals surface area contributed by atoms with E-state index >= 15 is 0 Å². The van der Waals surface area contributed by atoms with Crippen molar-refractivity contribution < 1.29 is 28.6 Å². The summed E-state index contributed by atoms with van der Waals surface area (Å²) in [5.41, 5.74) is 0. The van der Waals surface area contributed by atoms with E-state index in [-0.39, 0.29) is 38.0 Å². The highest BCUT2D eigenvalue weighted by molar-refractivity contribution is 5.72. The standard InChI is InChI=1S/C67H102O6/c1-4-7-10-13-16-19-22-25-27-28-29-30-31-32-33-34-35-36-37-38-40-42-45-48-51-54-57-60-66(69)72-63-64(62-71-65(68)59-56-53-50-47-44-41-24-21-18-15-12-9-6-3)73-67(70)61-58-55-52-49-46-43-39-26-23-20-17-14-11-8-5-2/h7-8,10-11,16-17,19-21,24-27,29-30,32-33,35-36,38-40,45-46,48-49,55,58,64H,4-6,9,12-15,18,22-23,28,31,34,37,41-44,47,50-54,56-57,59-63H2,1-3H3/b10-7-,11-8-,19-16-,20-17-,24-21-,27-25-,30-29-,33-32-,36-35-,39-26-,40-38-,48-45-,49-46-,58-55-. The zero-order valence-corrected chi connectivity index (χ0v) is 46.3. The molecule has 0 aromatic rings. The van der Waals surface area contributed by atoms with Crippen molar-refractivity contribution in [1.82, 2.24) is 0 Å². The van der Waals surface area contributed by atoms with Crippen LogP contribution in [0.4, 0.5) is 0 Å². The smallest absolute Gasteiger partial charge is 0.310 e. The molecule has 0 aromatic heterocycles. The molecule has 1 atom stereocenters. The molecule has 0 aromatic carbocycles. The first kappa shape index (κ1) is 67.8. The number of hydrogen-bond acceptors (Lipinski definition) is 6. The third-order valence-electron chi connectivity index (χ3n) is 11.2. The average molecular weight is 1000 g/mol. The lowest BCUT2D eigenvalue weighted by Crippen LogP contribution is -2.30. The molecule has 0 heterocycles. The number of carbonyl (C=O) groups is 3. The molecule has 0 fully saturated rings. The van der Waals surface area contributed by atoms with Crippen LogP contribution in [-0.4, -0.2) is 37.2 Å². The number of rotatable bonds is 49. The number of ether oxygens (including phenoxy) is 3. The summed E-state index contributed by atoms with van der Waals surface area (Å²) in [6.45, 7) is 6.24. The largest absolute Gasteiger partial charge is 0.462 e. The number of esters is 3. The van der Waals surface area contributed by atoms with Gasteiger partial charge in [-0.15, -0.1) is 0 Å². The van der Waals surface area contributed by atoms with Gasteiger partial charge in [0.15, 0.2) is 6.10 Å². The van der Waals surface area contributed by atoms with Gasteiger partial charge < -0.3 is 14.2 Å². The molecule has 0 spiro atoms. The number of allylic oxidation sites excluding steroid dienone is 27. The van der Waals surface area contributed by atoms with Gasteiger partial charge in [0.1, 0.15) is 13.2 Å². The normalized spacial score (nSPS) is 13.4. The van der Waals surface area contributed by atoms with Crippen molar-refractivity contribution >= 4 is 17.9 Å². The van der Waals surface area contributed by atoms with Gasteiger partial charge in [0.25, 0.3) is 0 Å². The van der Waals surface area contributed by atoms with Gasteiger partial charge in [-0.1, -0.05) is 229 Å². The summed E-state index contributed by atoms with van der Waals surface area (Å²) in [5.74, 6) is -1.14. The Morgan fingerprint density at radius 3 is 0.945 bits per heavy atom. The van der Waals surface area contributed by atoms with Crippen LogP contribution in [0.15, 0.2) is 170 Å². The molecule has 6 nitrogen and oxygen atoms in total. The van der Waals surface area contributed by atoms with Crippen molar-refractivity contribution in [1.29, 1.82) is 0 Å². The van der Waals surface area contributed by atoms with E-state index in [9.17, 15) is 14.4 Å². The lowest BCUT2D eigenvalue weighted by Gasteiger charge is -2.18. The van der Waals surface area contributed by atoms with E-state index < -0.39 is 12.1 Å². The molecule has 406 valence electrons. The topological polar surface area (TPSA) is 78.9 Å². The fourth-order valence-electron chi connectivity index (χ4n) is 7.00. The van der Waals surface area contributed by atoms with Gasteiger partial charge in [-0.2, -0.15) is 0 Å². The van der Waals surface area contributed by atoms with Gasteiger partial charge in [-0.3, -0.25) is 14.4 Å². The average Bonchev–Trinajstić information content (AvgIpc) is 3.39. The van der Waals surface area contributed by atoms with E-state index in [0.717, 1.165) is 122 Å². The van der Waals surface area contributed by atoms with Gasteiger partial charge in [-0.25, -0.2) is 0 Å². The van der Waals surface area contributed by atoms with Crippen LogP contribution in [0.3, 0.4) is 0 Å². The lowest BCUT2D eigenvalue weighted by atomic mass is 10.1. The van der Waals surface area contributed by atoms with Crippen molar-refractivity contribution in [3.8, 4) is 0 Å². The Labute approximate surface area is 447 Å². The molecule has 0 saturated heterocycles. The van der Waals surface area contributed by atoms with Gasteiger partial charge in [-0.05, 0) is 135 Å². The predicted molar refractivity (Wildman–Crippen MR) is 315 cm³/mol. The van der Waals surface area contributed by atoms with Crippen LogP contribution in [0, 0.1) is 0 Å². The van der Waals surface area contributed by atoms with Crippen molar-refractivity contribution in [3.63, 3.8) is 0 Å². The first-order valence-corrected chi connectivity index (χ1v) is 28.6. The molecule has 0 bridgehead atoms. The van der Waals surface area contributed by atoms with Crippen LogP contribution in [0.25, 0.3) is 0 Å². The Hall–Kier alpha value is -5.23. The SMILES string of the molecule is CC/C=C\C/C=C\C/C=C\C/C=C\C/C=C\C/C=C\C/C=C\C/C=C\CCCCC(=O)OCC(COC(=O)CCCCCCC/C=C\CCCCCC)OC(=O)C/C=C\C/C=C\C/C=C\C/C=C\C/C=C\CC. The quantitative estimate of drug-likeness (QED) is 0.0261. The van der Waals surface area contributed by atoms with Gasteiger partial charge in [0.05, 0.1) is 6.42 Å². The third kappa shape index (κ3) is 57.5. The van der Waals surface area contributed by atoms with Crippen molar-refractivity contribution in [2.75, 3.05) is 13.2 Å². The maximum absolute atomic E-state index is 12.8. The second-order valence-corrected chi connectivity index (χ2v) is 18.1. The van der Waals surface area contributed by atoms with Crippen molar-refractivity contribution in [3.05, 3.63) is 170 Å². The third-order valence-corrected chi connectivity index (χ3v) is 11.2. The fraction of sp³-hybridized carbons (Fsp3) is 0.537. The molecule has 6 heteroatoms. The summed E-state index contributed by atoms with van der Waals surface area (Å²) in [6.07, 6.45) is 88.0. The zero-order chi connectivity index (χ0) is 52.9. The Morgan fingerprint density at radius 2 is 0.575 bits per heavy atom. The molecular weight excluding hydrogens is 901 g/mol. The molecular formula is C67H102O6. The van der Waals surface area contributed by atoms with Gasteiger partial charge >= 0.3 is 17.9 Å². The monoisotopic (exact) mass is 1000 g/mol. The summed E-state index contributed by atoms with van der Waals surface area (Å²) < 4.78 is 16.7. The number of unbranched alkanes of at least 4 members (excludes halogenated alkanes) is 11. The van der Waals surface area contributed by atoms with Crippen LogP contribution < -0.4 is 0 Å². The highest BCUT2D eigenvalue weighted by atomic mass is 16.6. The Bertz CT molecular complexity index is 1720. The lowest BCUT2D eigenvalue weighted by molar-refractivity contribution is -0.166. The van der Waals surface area contributed by atoms with Crippen LogP contribution in [0.1, 0.15) is 213 Å². The zero-order valence-electron chi connectivity index (χ0n) is 46.3. The molecule has 0 rings (SSSR count). The molecule has 0 aliphatic heterocycles. The maximum atomic E-state index is 12.8. The maximum Gasteiger partial charge on any atom is 0.310 e. The first-order chi connectivity index (χ1) is 36.0. The Morgan fingerprint density at radius 1 is 0.301 bits per heavy atom. The molecule has 73 heavy (non-hydrogen) atoms. The minimum atomic E-state index is -0.863. The van der Waals surface area contributed by atoms with Crippen LogP contribution in [0.2, 0.25) is 0 Å². The number of hydrogen-bond donors (Lipinski definition) is 0. The summed E-state index contributed by atoms with van der Waals surface area (Å²) >= 11 is 0. The molecule has 0 saturated carbocycles. The molecule has 0 N–H and O–H groups in total. The fourth-order valence-corrected chi connectivity index (χ4v) is 7.00. The van der Waals surface area contributed by atoms with E-state index in [1.54, 1.807) is 6.08 Å². The predicted octanol–water partition coefficient (Wildman–Crippen LogP) is 19.5. The Balaban J connectivity index is 4.54. The Kier molecular flexibility index (Phi) is 55.1. The van der Waals surface area contributed by atoms with Crippen LogP contribution in [0.5, 0.6) is 0 Å². The summed E-state index contributed by atoms with van der Waals surface area (Å²) in [7, 11) is 0. The van der Waals surface area contributed by atoms with Gasteiger partial charge in [0.2, 0.25) is 0 Å². The minimum Gasteiger partial charge on any atom is -0.462 e. The molecule has 0 amide bonds. The summed E-state index contributed by atoms with van der Waals surface area (Å²) in [4.78, 5) is 38.0. The van der Waals surface area contributed by atoms with Crippen LogP contribution >= 0.6 is 0 Å². The molecule has 1 unspecified atom stereocenters. The molecule has 0 aliphatic rings. The second-order valence-electron chi connectivity index (χ2n) is 18.1. The van der Waals surface area contributed by atoms with E-state index in [0.29, 0.717) is 19.3 Å². The minimum absolute atomic E-state index is 0.0768. The van der Waals surface area contributed by atoms with Gasteiger partial charge in [0, 0.05) is 12.8 Å². The van der Waals surface area contributed by atoms with Crippen molar-refractivity contribution in [2.24, 2.45) is 0 Å². The highest BCUT2D eigenvalue weighted by Gasteiger charge is 2.19. The summed E-state index contributed by atoms with van der Waals surface area (Å²) in [6, 6.07) is 0. The number of carbonyl (C=O) groups excluding carboxylic acids is 3. The van der Waals surface area contributed by atoms with E-state index in [4.69, 9.17) is 14.2 Å². The summed E-state index contributed by atoms with van der Waals surface area (Å²) in [5, 5.41) is 0. The van der Waals surface area contributed by atoms with E-state index in [1.807, 2.05) is 6.08 Å². The first-order valence-electron chi connectivity index (χ1n) is 28.6. The highest BCUT2D eigenvalue weighted by Crippen LogP contribution is 2.11. The van der Waals surface area contributed by atoms with Crippen LogP contribution in [-0.2, 0) is 28.6 Å². The molecule has 0 aliphatic carbocycles.